The van der Waals surface area contributed by atoms with E-state index in [-0.39, 0.29) is 39.0 Å². The Morgan fingerprint density at radius 3 is 2.62 bits per heavy atom. The molecule has 0 bridgehead atoms. The highest BCUT2D eigenvalue weighted by molar-refractivity contribution is 6.42. The van der Waals surface area contributed by atoms with Gasteiger partial charge in [0.05, 0.1) is 21.8 Å². The van der Waals surface area contributed by atoms with E-state index in [2.05, 4.69) is 20.0 Å². The highest BCUT2D eigenvalue weighted by atomic mass is 35.5. The van der Waals surface area contributed by atoms with Gasteiger partial charge in [-0.05, 0) is 23.8 Å². The Morgan fingerprint density at radius 1 is 1.21 bits per heavy atom. The lowest BCUT2D eigenvalue weighted by molar-refractivity contribution is -0.175. The van der Waals surface area contributed by atoms with Gasteiger partial charge in [0.15, 0.2) is 6.23 Å². The Kier molecular flexibility index (Phi) is 8.03. The van der Waals surface area contributed by atoms with E-state index in [9.17, 15) is 28.5 Å². The third-order valence-corrected chi connectivity index (χ3v) is 5.81. The summed E-state index contributed by atoms with van der Waals surface area (Å²) in [5.74, 6) is 0. The second kappa shape index (κ2) is 10.3. The average molecular weight is 546 g/mol. The molecule has 15 heteroatoms. The van der Waals surface area contributed by atoms with Crippen LogP contribution in [0.5, 0.6) is 0 Å². The second-order valence-corrected chi connectivity index (χ2v) is 8.10. The van der Waals surface area contributed by atoms with Gasteiger partial charge in [-0.1, -0.05) is 34.4 Å². The SMILES string of the molecule is Cl.OC(c1ccc(Cl)c(Cl)c1)[C@H]1O[C@@H](n2ccc3/c(=N/OCC(F)(F)F)nc[nH]c32)[C@H](O)[C@@H]1O. The third-order valence-electron chi connectivity index (χ3n) is 5.07. The summed E-state index contributed by atoms with van der Waals surface area (Å²) >= 11 is 11.9. The first-order valence-corrected chi connectivity index (χ1v) is 10.2. The summed E-state index contributed by atoms with van der Waals surface area (Å²) in [5, 5.41) is 36.0. The molecule has 0 amide bonds. The molecule has 1 unspecified atom stereocenters. The van der Waals surface area contributed by atoms with Crippen LogP contribution < -0.4 is 5.49 Å². The van der Waals surface area contributed by atoms with Crippen LogP contribution in [0, 0.1) is 0 Å². The lowest BCUT2D eigenvalue weighted by Crippen LogP contribution is -2.34. The number of alkyl halides is 3. The molecule has 4 N–H and O–H groups in total. The Labute approximate surface area is 205 Å². The summed E-state index contributed by atoms with van der Waals surface area (Å²) in [6.07, 6.45) is -8.57. The number of ether oxygens (including phenoxy) is 1. The van der Waals surface area contributed by atoms with Crippen LogP contribution in [0.1, 0.15) is 17.9 Å². The maximum absolute atomic E-state index is 12.3. The maximum Gasteiger partial charge on any atom is 0.425 e. The van der Waals surface area contributed by atoms with Crippen LogP contribution in [0.2, 0.25) is 10.0 Å². The summed E-state index contributed by atoms with van der Waals surface area (Å²) in [6.45, 7) is -1.58. The predicted molar refractivity (Wildman–Crippen MR) is 116 cm³/mol. The molecule has 0 radical (unpaired) electrons. The molecule has 4 rings (SSSR count). The van der Waals surface area contributed by atoms with Crippen molar-refractivity contribution in [1.29, 1.82) is 0 Å². The summed E-state index contributed by atoms with van der Waals surface area (Å²) in [5.41, 5.74) is 0.463. The van der Waals surface area contributed by atoms with Crippen molar-refractivity contribution >= 4 is 46.6 Å². The molecule has 1 aliphatic heterocycles. The van der Waals surface area contributed by atoms with E-state index < -0.39 is 43.4 Å². The number of halogens is 6. The minimum Gasteiger partial charge on any atom is -0.387 e. The van der Waals surface area contributed by atoms with Crippen LogP contribution in [0.15, 0.2) is 41.9 Å². The van der Waals surface area contributed by atoms with Crippen molar-refractivity contribution in [3.8, 4) is 0 Å². The number of H-pyrrole nitrogens is 1. The fourth-order valence-corrected chi connectivity index (χ4v) is 3.82. The molecule has 1 fully saturated rings. The summed E-state index contributed by atoms with van der Waals surface area (Å²) < 4.78 is 44.1. The van der Waals surface area contributed by atoms with Gasteiger partial charge in [0.1, 0.15) is 30.1 Å². The lowest BCUT2D eigenvalue weighted by atomic mass is 9.99. The van der Waals surface area contributed by atoms with Crippen LogP contribution in [0.25, 0.3) is 11.0 Å². The second-order valence-electron chi connectivity index (χ2n) is 7.28. The summed E-state index contributed by atoms with van der Waals surface area (Å²) in [4.78, 5) is 11.0. The van der Waals surface area contributed by atoms with Crippen LogP contribution in [-0.4, -0.2) is 60.9 Å². The van der Waals surface area contributed by atoms with E-state index in [4.69, 9.17) is 27.9 Å². The molecule has 1 aliphatic rings. The highest BCUT2D eigenvalue weighted by Crippen LogP contribution is 2.38. The van der Waals surface area contributed by atoms with Gasteiger partial charge in [-0.3, -0.25) is 0 Å². The number of hydrogen-bond acceptors (Lipinski definition) is 7. The van der Waals surface area contributed by atoms with Gasteiger partial charge in [0.25, 0.3) is 0 Å². The van der Waals surface area contributed by atoms with Gasteiger partial charge in [-0.25, -0.2) is 4.98 Å². The minimum absolute atomic E-state index is 0. The van der Waals surface area contributed by atoms with Crippen molar-refractivity contribution in [1.82, 2.24) is 14.5 Å². The first-order valence-electron chi connectivity index (χ1n) is 9.48. The smallest absolute Gasteiger partial charge is 0.387 e. The van der Waals surface area contributed by atoms with Crippen molar-refractivity contribution in [2.45, 2.75) is 36.8 Å². The van der Waals surface area contributed by atoms with E-state index >= 15 is 0 Å². The number of aromatic amines is 1. The van der Waals surface area contributed by atoms with E-state index in [1.54, 1.807) is 0 Å². The molecule has 3 heterocycles. The Balaban J connectivity index is 0.00000324. The minimum atomic E-state index is -4.56. The van der Waals surface area contributed by atoms with Crippen molar-refractivity contribution in [3.63, 3.8) is 0 Å². The largest absolute Gasteiger partial charge is 0.425 e. The van der Waals surface area contributed by atoms with Gasteiger partial charge in [0.2, 0.25) is 12.1 Å². The zero-order valence-electron chi connectivity index (χ0n) is 16.9. The Hall–Kier alpha value is -2.06. The zero-order valence-corrected chi connectivity index (χ0v) is 19.2. The summed E-state index contributed by atoms with van der Waals surface area (Å²) in [7, 11) is 0. The van der Waals surface area contributed by atoms with E-state index in [1.165, 1.54) is 41.4 Å². The topological polar surface area (TPSA) is 125 Å². The Morgan fingerprint density at radius 2 is 1.94 bits per heavy atom. The number of hydrogen-bond donors (Lipinski definition) is 4. The number of aliphatic hydroxyl groups excluding tert-OH is 3. The molecule has 1 saturated heterocycles. The molecule has 2 aromatic heterocycles. The monoisotopic (exact) mass is 544 g/mol. The molecule has 5 atom stereocenters. The van der Waals surface area contributed by atoms with Gasteiger partial charge >= 0.3 is 6.18 Å². The molecule has 1 aromatic carbocycles. The van der Waals surface area contributed by atoms with Gasteiger partial charge < -0.3 is 34.4 Å². The van der Waals surface area contributed by atoms with Gasteiger partial charge in [-0.2, -0.15) is 13.2 Å². The normalized spacial score (nSPS) is 24.3. The number of rotatable bonds is 5. The first-order chi connectivity index (χ1) is 15.6. The van der Waals surface area contributed by atoms with Crippen molar-refractivity contribution in [2.24, 2.45) is 5.16 Å². The number of nitrogens with zero attached hydrogens (tertiary/aromatic N) is 3. The molecule has 186 valence electrons. The van der Waals surface area contributed by atoms with Crippen molar-refractivity contribution in [3.05, 3.63) is 57.9 Å². The van der Waals surface area contributed by atoms with Crippen LogP contribution in [0.4, 0.5) is 13.2 Å². The van der Waals surface area contributed by atoms with Gasteiger partial charge in [-0.15, -0.1) is 12.4 Å². The standard InChI is InChI=1S/C19H17Cl2F3N4O5.ClH/c20-10-2-1-8(5-11(10)21)12(29)15-13(30)14(31)18(33-15)28-4-3-9-16(25-7-26-17(9)28)27-32-6-19(22,23)24;/h1-5,7,12-15,18,29-31H,6H2,(H,25,26,27);1H/t12?,13-,14+,15+,18+;/m0./s1. The predicted octanol–water partition coefficient (Wildman–Crippen LogP) is 2.84. The number of aromatic nitrogens is 3. The molecule has 34 heavy (non-hydrogen) atoms. The fraction of sp³-hybridized carbons (Fsp3) is 0.368. The van der Waals surface area contributed by atoms with Crippen LogP contribution in [-0.2, 0) is 9.57 Å². The summed E-state index contributed by atoms with van der Waals surface area (Å²) in [6, 6.07) is 5.88. The maximum atomic E-state index is 12.3. The third kappa shape index (κ3) is 5.28. The molecule has 0 aliphatic carbocycles. The highest BCUT2D eigenvalue weighted by Gasteiger charge is 2.47. The van der Waals surface area contributed by atoms with E-state index in [0.29, 0.717) is 5.56 Å². The first kappa shape index (κ1) is 26.5. The lowest BCUT2D eigenvalue weighted by Gasteiger charge is -2.21. The molecular weight excluding hydrogens is 528 g/mol. The number of aliphatic hydroxyl groups is 3. The molecule has 3 aromatic rings. The van der Waals surface area contributed by atoms with E-state index in [0.717, 1.165) is 0 Å². The Bertz CT molecular complexity index is 1220. The van der Waals surface area contributed by atoms with Crippen LogP contribution in [0.3, 0.4) is 0 Å². The molecule has 0 saturated carbocycles. The number of nitrogens with one attached hydrogen (secondary N) is 1. The van der Waals surface area contributed by atoms with Crippen LogP contribution >= 0.6 is 35.6 Å². The molecular formula is C19H18Cl3F3N4O5. The fourth-order valence-electron chi connectivity index (χ4n) is 3.52. The van der Waals surface area contributed by atoms with Gasteiger partial charge in [0, 0.05) is 6.20 Å². The molecule has 9 nitrogen and oxygen atoms in total. The number of benzene rings is 1. The number of fused-ring (bicyclic) bond motifs is 1. The average Bonchev–Trinajstić information content (AvgIpc) is 3.31. The van der Waals surface area contributed by atoms with E-state index in [1.807, 2.05) is 0 Å². The van der Waals surface area contributed by atoms with Crippen molar-refractivity contribution in [2.75, 3.05) is 6.61 Å². The quantitative estimate of drug-likeness (QED) is 0.366. The molecule has 0 spiro atoms. The zero-order chi connectivity index (χ0) is 23.9. The van der Waals surface area contributed by atoms with Crippen molar-refractivity contribution < 1.29 is 38.1 Å².